The molecule has 0 aliphatic heterocycles. The molecular formula is C16H18N2O4S. The maximum absolute atomic E-state index is 12.8. The Labute approximate surface area is 135 Å². The van der Waals surface area contributed by atoms with E-state index in [4.69, 9.17) is 0 Å². The monoisotopic (exact) mass is 334 g/mol. The average molecular weight is 334 g/mol. The zero-order valence-corrected chi connectivity index (χ0v) is 14.0. The Kier molecular flexibility index (Phi) is 4.70. The first-order valence-electron chi connectivity index (χ1n) is 7.11. The summed E-state index contributed by atoms with van der Waals surface area (Å²) in [5.41, 5.74) is 1.67. The lowest BCUT2D eigenvalue weighted by atomic mass is 10.1. The van der Waals surface area contributed by atoms with Gasteiger partial charge in [-0.3, -0.25) is 14.4 Å². The summed E-state index contributed by atoms with van der Waals surface area (Å²) in [4.78, 5) is 10.4. The van der Waals surface area contributed by atoms with E-state index in [1.807, 2.05) is 19.1 Å². The predicted octanol–water partition coefficient (Wildman–Crippen LogP) is 3.29. The molecule has 0 aliphatic carbocycles. The SMILES string of the molecule is CCc1ccccc1N(C)S(=O)(=O)c1ccc(C)c([N+](=O)[O-])c1. The molecule has 6 nitrogen and oxygen atoms in total. The minimum Gasteiger partial charge on any atom is -0.269 e. The Morgan fingerprint density at radius 2 is 1.83 bits per heavy atom. The largest absolute Gasteiger partial charge is 0.273 e. The molecule has 0 saturated carbocycles. The van der Waals surface area contributed by atoms with Gasteiger partial charge in [-0.25, -0.2) is 8.42 Å². The van der Waals surface area contributed by atoms with Crippen molar-refractivity contribution in [3.05, 3.63) is 63.7 Å². The molecule has 122 valence electrons. The van der Waals surface area contributed by atoms with Crippen molar-refractivity contribution in [3.8, 4) is 0 Å². The second kappa shape index (κ2) is 6.37. The smallest absolute Gasteiger partial charge is 0.269 e. The molecule has 7 heteroatoms. The molecule has 0 bridgehead atoms. The molecule has 0 saturated heterocycles. The molecule has 0 N–H and O–H groups in total. The third-order valence-electron chi connectivity index (χ3n) is 3.75. The lowest BCUT2D eigenvalue weighted by Gasteiger charge is -2.22. The van der Waals surface area contributed by atoms with Crippen LogP contribution in [-0.4, -0.2) is 20.4 Å². The van der Waals surface area contributed by atoms with Gasteiger partial charge in [-0.15, -0.1) is 0 Å². The number of anilines is 1. The highest BCUT2D eigenvalue weighted by molar-refractivity contribution is 7.92. The Morgan fingerprint density at radius 3 is 2.43 bits per heavy atom. The number of rotatable bonds is 5. The number of sulfonamides is 1. The summed E-state index contributed by atoms with van der Waals surface area (Å²) in [6.07, 6.45) is 0.685. The van der Waals surface area contributed by atoms with E-state index < -0.39 is 14.9 Å². The summed E-state index contributed by atoms with van der Waals surface area (Å²) in [7, 11) is -2.41. The van der Waals surface area contributed by atoms with Gasteiger partial charge >= 0.3 is 0 Å². The molecular weight excluding hydrogens is 316 g/mol. The van der Waals surface area contributed by atoms with Crippen molar-refractivity contribution in [2.24, 2.45) is 0 Å². The van der Waals surface area contributed by atoms with Crippen LogP contribution in [0.15, 0.2) is 47.4 Å². The standard InChI is InChI=1S/C16H18N2O4S/c1-4-13-7-5-6-8-15(13)17(3)23(21,22)14-10-9-12(2)16(11-14)18(19)20/h5-11H,4H2,1-3H3. The average Bonchev–Trinajstić information content (AvgIpc) is 2.53. The number of nitrogens with zero attached hydrogens (tertiary/aromatic N) is 2. The van der Waals surface area contributed by atoms with E-state index in [1.54, 1.807) is 19.1 Å². The van der Waals surface area contributed by atoms with Crippen LogP contribution in [0.2, 0.25) is 0 Å². The zero-order valence-electron chi connectivity index (χ0n) is 13.2. The lowest BCUT2D eigenvalue weighted by Crippen LogP contribution is -2.27. The zero-order chi connectivity index (χ0) is 17.2. The van der Waals surface area contributed by atoms with Crippen molar-refractivity contribution in [3.63, 3.8) is 0 Å². The highest BCUT2D eigenvalue weighted by atomic mass is 32.2. The number of benzene rings is 2. The van der Waals surface area contributed by atoms with Gasteiger partial charge in [0.1, 0.15) is 0 Å². The second-order valence-electron chi connectivity index (χ2n) is 5.16. The molecule has 0 unspecified atom stereocenters. The summed E-state index contributed by atoms with van der Waals surface area (Å²) >= 11 is 0. The molecule has 2 aromatic rings. The van der Waals surface area contributed by atoms with E-state index in [1.165, 1.54) is 23.5 Å². The van der Waals surface area contributed by atoms with E-state index in [-0.39, 0.29) is 10.6 Å². The first kappa shape index (κ1) is 17.0. The van der Waals surface area contributed by atoms with Gasteiger partial charge in [0.05, 0.1) is 15.5 Å². The summed E-state index contributed by atoms with van der Waals surface area (Å²) in [6, 6.07) is 11.1. The molecule has 2 aromatic carbocycles. The Hall–Kier alpha value is -2.41. The number of aryl methyl sites for hydroxylation is 2. The van der Waals surface area contributed by atoms with Gasteiger partial charge in [0, 0.05) is 18.7 Å². The Balaban J connectivity index is 2.54. The first-order valence-corrected chi connectivity index (χ1v) is 8.55. The van der Waals surface area contributed by atoms with Gasteiger partial charge in [-0.1, -0.05) is 31.2 Å². The fourth-order valence-electron chi connectivity index (χ4n) is 2.35. The Bertz CT molecular complexity index is 847. The van der Waals surface area contributed by atoms with Crippen LogP contribution in [0.25, 0.3) is 0 Å². The molecule has 2 rings (SSSR count). The molecule has 0 spiro atoms. The van der Waals surface area contributed by atoms with Crippen LogP contribution in [0, 0.1) is 17.0 Å². The molecule has 0 atom stereocenters. The van der Waals surface area contributed by atoms with Gasteiger partial charge in [-0.2, -0.15) is 0 Å². The number of nitro benzene ring substituents is 1. The molecule has 0 fully saturated rings. The summed E-state index contributed by atoms with van der Waals surface area (Å²) < 4.78 is 26.7. The minimum atomic E-state index is -3.87. The van der Waals surface area contributed by atoms with Crippen molar-refractivity contribution in [1.29, 1.82) is 0 Å². The quantitative estimate of drug-likeness (QED) is 0.621. The van der Waals surface area contributed by atoms with E-state index in [2.05, 4.69) is 0 Å². The minimum absolute atomic E-state index is 0.0943. The summed E-state index contributed by atoms with van der Waals surface area (Å²) in [5, 5.41) is 11.0. The number of hydrogen-bond donors (Lipinski definition) is 0. The van der Waals surface area contributed by atoms with Crippen molar-refractivity contribution in [2.45, 2.75) is 25.2 Å². The van der Waals surface area contributed by atoms with Crippen LogP contribution in [0.5, 0.6) is 0 Å². The maximum atomic E-state index is 12.8. The van der Waals surface area contributed by atoms with Crippen LogP contribution in [0.3, 0.4) is 0 Å². The van der Waals surface area contributed by atoms with E-state index in [9.17, 15) is 18.5 Å². The summed E-state index contributed by atoms with van der Waals surface area (Å²) in [5.74, 6) is 0. The fraction of sp³-hybridized carbons (Fsp3) is 0.250. The van der Waals surface area contributed by atoms with Crippen molar-refractivity contribution >= 4 is 21.4 Å². The highest BCUT2D eigenvalue weighted by Crippen LogP contribution is 2.28. The number of para-hydroxylation sites is 1. The normalized spacial score (nSPS) is 11.3. The van der Waals surface area contributed by atoms with Gasteiger partial charge in [0.15, 0.2) is 0 Å². The van der Waals surface area contributed by atoms with Gasteiger partial charge in [0.2, 0.25) is 0 Å². The van der Waals surface area contributed by atoms with Crippen molar-refractivity contribution in [2.75, 3.05) is 11.4 Å². The topological polar surface area (TPSA) is 80.5 Å². The van der Waals surface area contributed by atoms with Crippen LogP contribution in [0.1, 0.15) is 18.1 Å². The van der Waals surface area contributed by atoms with E-state index in [0.29, 0.717) is 17.7 Å². The van der Waals surface area contributed by atoms with Crippen LogP contribution < -0.4 is 4.31 Å². The fourth-order valence-corrected chi connectivity index (χ4v) is 3.60. The van der Waals surface area contributed by atoms with E-state index in [0.717, 1.165) is 11.6 Å². The third kappa shape index (κ3) is 3.19. The molecule has 0 heterocycles. The maximum Gasteiger partial charge on any atom is 0.273 e. The first-order chi connectivity index (χ1) is 10.8. The number of hydrogen-bond acceptors (Lipinski definition) is 4. The van der Waals surface area contributed by atoms with Crippen LogP contribution >= 0.6 is 0 Å². The van der Waals surface area contributed by atoms with Gasteiger partial charge in [-0.05, 0) is 31.0 Å². The predicted molar refractivity (Wildman–Crippen MR) is 89.2 cm³/mol. The molecule has 0 aliphatic rings. The van der Waals surface area contributed by atoms with E-state index >= 15 is 0 Å². The highest BCUT2D eigenvalue weighted by Gasteiger charge is 2.25. The molecule has 0 aromatic heterocycles. The molecule has 0 radical (unpaired) electrons. The van der Waals surface area contributed by atoms with Crippen LogP contribution in [0.4, 0.5) is 11.4 Å². The Morgan fingerprint density at radius 1 is 1.17 bits per heavy atom. The van der Waals surface area contributed by atoms with Crippen molar-refractivity contribution < 1.29 is 13.3 Å². The third-order valence-corrected chi connectivity index (χ3v) is 5.51. The lowest BCUT2D eigenvalue weighted by molar-refractivity contribution is -0.385. The number of nitro groups is 1. The second-order valence-corrected chi connectivity index (χ2v) is 7.13. The van der Waals surface area contributed by atoms with Crippen LogP contribution in [-0.2, 0) is 16.4 Å². The van der Waals surface area contributed by atoms with Gasteiger partial charge < -0.3 is 0 Å². The van der Waals surface area contributed by atoms with Crippen molar-refractivity contribution in [1.82, 2.24) is 0 Å². The summed E-state index contributed by atoms with van der Waals surface area (Å²) in [6.45, 7) is 3.51. The molecule has 23 heavy (non-hydrogen) atoms. The van der Waals surface area contributed by atoms with Gasteiger partial charge in [0.25, 0.3) is 15.7 Å². The molecule has 0 amide bonds.